The number of carbonyl (C=O) groups excluding carboxylic acids is 1. The van der Waals surface area contributed by atoms with Gasteiger partial charge in [0.1, 0.15) is 6.29 Å². The van der Waals surface area contributed by atoms with E-state index in [2.05, 4.69) is 10.8 Å². The second-order valence-electron chi connectivity index (χ2n) is 3.27. The summed E-state index contributed by atoms with van der Waals surface area (Å²) in [7, 11) is 0. The third kappa shape index (κ3) is 2.67. The van der Waals surface area contributed by atoms with Crippen LogP contribution >= 0.6 is 0 Å². The van der Waals surface area contributed by atoms with Crippen LogP contribution < -0.4 is 0 Å². The van der Waals surface area contributed by atoms with Gasteiger partial charge in [0.05, 0.1) is 0 Å². The first-order valence-corrected chi connectivity index (χ1v) is 4.48. The highest BCUT2D eigenvalue weighted by Gasteiger charge is 2.17. The molecule has 0 amide bonds. The molecule has 0 bridgehead atoms. The third-order valence-corrected chi connectivity index (χ3v) is 2.40. The van der Waals surface area contributed by atoms with Crippen LogP contribution in [0, 0.1) is 18.3 Å². The molecule has 0 aromatic carbocycles. The third-order valence-electron chi connectivity index (χ3n) is 2.40. The highest BCUT2D eigenvalue weighted by molar-refractivity contribution is 5.53. The molecule has 12 heavy (non-hydrogen) atoms. The number of rotatable bonds is 3. The van der Waals surface area contributed by atoms with Crippen LogP contribution in [0.2, 0.25) is 0 Å². The maximum absolute atomic E-state index is 10.4. The molecule has 1 rings (SSSR count). The molecule has 0 aliphatic carbocycles. The summed E-state index contributed by atoms with van der Waals surface area (Å²) in [5.74, 6) is 2.93. The molecule has 0 atom stereocenters. The van der Waals surface area contributed by atoms with E-state index in [1.54, 1.807) is 0 Å². The Morgan fingerprint density at radius 2 is 2.17 bits per heavy atom. The number of aldehydes is 1. The van der Waals surface area contributed by atoms with Gasteiger partial charge < -0.3 is 9.69 Å². The summed E-state index contributed by atoms with van der Waals surface area (Å²) in [6, 6.07) is 0. The molecular formula is C10H15NO. The van der Waals surface area contributed by atoms with Gasteiger partial charge in [-0.3, -0.25) is 0 Å². The molecule has 0 aromatic rings. The zero-order valence-electron chi connectivity index (χ0n) is 7.33. The fourth-order valence-corrected chi connectivity index (χ4v) is 1.54. The van der Waals surface area contributed by atoms with Crippen molar-refractivity contribution >= 4 is 6.29 Å². The summed E-state index contributed by atoms with van der Waals surface area (Å²) < 4.78 is 0. The maximum Gasteiger partial charge on any atom is 0.123 e. The van der Waals surface area contributed by atoms with Gasteiger partial charge in [0.25, 0.3) is 0 Å². The van der Waals surface area contributed by atoms with Crippen LogP contribution in [0.1, 0.15) is 19.3 Å². The maximum atomic E-state index is 10.4. The molecule has 1 saturated heterocycles. The number of piperidine rings is 1. The average Bonchev–Trinajstić information content (AvgIpc) is 2.15. The largest absolute Gasteiger partial charge is 0.303 e. The molecule has 1 aliphatic rings. The highest BCUT2D eigenvalue weighted by Crippen LogP contribution is 2.14. The number of carbonyl (C=O) groups is 1. The first kappa shape index (κ1) is 9.28. The second kappa shape index (κ2) is 4.95. The number of hydrogen-bond donors (Lipinski definition) is 0. The molecular weight excluding hydrogens is 150 g/mol. The molecule has 0 spiro atoms. The summed E-state index contributed by atoms with van der Waals surface area (Å²) in [6.07, 6.45) is 9.09. The van der Waals surface area contributed by atoms with Gasteiger partial charge >= 0.3 is 0 Å². The Hall–Kier alpha value is -0.810. The van der Waals surface area contributed by atoms with Crippen LogP contribution in [0.25, 0.3) is 0 Å². The lowest BCUT2D eigenvalue weighted by molar-refractivity contribution is -0.112. The standard InChI is InChI=1S/C10H15NO/c1-2-3-6-11-7-4-10(9-12)5-8-11/h1,9-10H,3-8H2. The normalized spacial score (nSPS) is 20.2. The van der Waals surface area contributed by atoms with Gasteiger partial charge in [-0.25, -0.2) is 0 Å². The van der Waals surface area contributed by atoms with E-state index in [0.29, 0.717) is 5.92 Å². The average molecular weight is 165 g/mol. The minimum Gasteiger partial charge on any atom is -0.303 e. The van der Waals surface area contributed by atoms with E-state index in [1.807, 2.05) is 0 Å². The summed E-state index contributed by atoms with van der Waals surface area (Å²) in [4.78, 5) is 12.8. The second-order valence-corrected chi connectivity index (χ2v) is 3.27. The van der Waals surface area contributed by atoms with E-state index in [9.17, 15) is 4.79 Å². The number of hydrogen-bond acceptors (Lipinski definition) is 2. The van der Waals surface area contributed by atoms with Gasteiger partial charge in [-0.2, -0.15) is 0 Å². The smallest absolute Gasteiger partial charge is 0.123 e. The van der Waals surface area contributed by atoms with Crippen LogP contribution in [0.3, 0.4) is 0 Å². The van der Waals surface area contributed by atoms with E-state index in [0.717, 1.165) is 45.2 Å². The molecule has 0 unspecified atom stereocenters. The summed E-state index contributed by atoms with van der Waals surface area (Å²) >= 11 is 0. The van der Waals surface area contributed by atoms with E-state index in [4.69, 9.17) is 6.42 Å². The van der Waals surface area contributed by atoms with Crippen molar-refractivity contribution in [3.63, 3.8) is 0 Å². The van der Waals surface area contributed by atoms with Crippen molar-refractivity contribution in [3.8, 4) is 12.3 Å². The zero-order chi connectivity index (χ0) is 8.81. The zero-order valence-corrected chi connectivity index (χ0v) is 7.33. The topological polar surface area (TPSA) is 20.3 Å². The fraction of sp³-hybridized carbons (Fsp3) is 0.700. The molecule has 0 N–H and O–H groups in total. The van der Waals surface area contributed by atoms with Gasteiger partial charge in [0.15, 0.2) is 0 Å². The number of nitrogens with zero attached hydrogens (tertiary/aromatic N) is 1. The van der Waals surface area contributed by atoms with E-state index < -0.39 is 0 Å². The van der Waals surface area contributed by atoms with Gasteiger partial charge in [-0.05, 0) is 25.9 Å². The molecule has 1 heterocycles. The molecule has 1 aliphatic heterocycles. The molecule has 2 nitrogen and oxygen atoms in total. The van der Waals surface area contributed by atoms with Crippen LogP contribution in [0.15, 0.2) is 0 Å². The lowest BCUT2D eigenvalue weighted by atomic mass is 9.98. The minimum absolute atomic E-state index is 0.298. The molecule has 66 valence electrons. The van der Waals surface area contributed by atoms with Gasteiger partial charge in [0, 0.05) is 18.9 Å². The van der Waals surface area contributed by atoms with Crippen LogP contribution in [-0.2, 0) is 4.79 Å². The van der Waals surface area contributed by atoms with Crippen molar-refractivity contribution < 1.29 is 4.79 Å². The van der Waals surface area contributed by atoms with E-state index >= 15 is 0 Å². The van der Waals surface area contributed by atoms with Crippen molar-refractivity contribution in [2.45, 2.75) is 19.3 Å². The van der Waals surface area contributed by atoms with Gasteiger partial charge in [0.2, 0.25) is 0 Å². The fourth-order valence-electron chi connectivity index (χ4n) is 1.54. The SMILES string of the molecule is C#CCCN1CCC(C=O)CC1. The number of likely N-dealkylation sites (tertiary alicyclic amines) is 1. The Morgan fingerprint density at radius 1 is 1.50 bits per heavy atom. The lowest BCUT2D eigenvalue weighted by Gasteiger charge is -2.28. The minimum atomic E-state index is 0.298. The first-order valence-electron chi connectivity index (χ1n) is 4.48. The molecule has 0 saturated carbocycles. The molecule has 1 fully saturated rings. The summed E-state index contributed by atoms with van der Waals surface area (Å²) in [6.45, 7) is 3.05. The lowest BCUT2D eigenvalue weighted by Crippen LogP contribution is -2.34. The highest BCUT2D eigenvalue weighted by atomic mass is 16.1. The number of terminal acetylenes is 1. The Labute approximate surface area is 73.9 Å². The Bertz CT molecular complexity index is 175. The predicted molar refractivity (Wildman–Crippen MR) is 48.7 cm³/mol. The van der Waals surface area contributed by atoms with Gasteiger partial charge in [-0.1, -0.05) is 0 Å². The van der Waals surface area contributed by atoms with Crippen molar-refractivity contribution in [3.05, 3.63) is 0 Å². The van der Waals surface area contributed by atoms with Crippen molar-refractivity contribution in [1.29, 1.82) is 0 Å². The van der Waals surface area contributed by atoms with E-state index in [-0.39, 0.29) is 0 Å². The van der Waals surface area contributed by atoms with Crippen LogP contribution in [0.5, 0.6) is 0 Å². The predicted octanol–water partition coefficient (Wildman–Crippen LogP) is 0.921. The molecule has 2 heteroatoms. The summed E-state index contributed by atoms with van der Waals surface area (Å²) in [5.41, 5.74) is 0. The molecule has 0 aromatic heterocycles. The van der Waals surface area contributed by atoms with Gasteiger partial charge in [-0.15, -0.1) is 12.3 Å². The molecule has 0 radical (unpaired) electrons. The quantitative estimate of drug-likeness (QED) is 0.458. The monoisotopic (exact) mass is 165 g/mol. The van der Waals surface area contributed by atoms with E-state index in [1.165, 1.54) is 0 Å². The Kier molecular flexibility index (Phi) is 3.83. The Balaban J connectivity index is 2.18. The summed E-state index contributed by atoms with van der Waals surface area (Å²) in [5, 5.41) is 0. The van der Waals surface area contributed by atoms with Crippen molar-refractivity contribution in [1.82, 2.24) is 4.90 Å². The van der Waals surface area contributed by atoms with Crippen LogP contribution in [0.4, 0.5) is 0 Å². The Morgan fingerprint density at radius 3 is 2.67 bits per heavy atom. The van der Waals surface area contributed by atoms with Crippen molar-refractivity contribution in [2.75, 3.05) is 19.6 Å². The van der Waals surface area contributed by atoms with Crippen molar-refractivity contribution in [2.24, 2.45) is 5.92 Å². The van der Waals surface area contributed by atoms with Crippen LogP contribution in [-0.4, -0.2) is 30.8 Å². The first-order chi connectivity index (χ1) is 5.86.